The molecule has 0 fully saturated rings. The number of carboxylic acid groups (broad SMARTS) is 1. The number of hydrogen-bond donors (Lipinski definition) is 1. The highest BCUT2D eigenvalue weighted by Gasteiger charge is 2.19. The summed E-state index contributed by atoms with van der Waals surface area (Å²) < 4.78 is 28.6. The van der Waals surface area contributed by atoms with Crippen molar-refractivity contribution in [1.82, 2.24) is 0 Å². The molecule has 0 aliphatic rings. The van der Waals surface area contributed by atoms with Crippen molar-refractivity contribution in [2.45, 2.75) is 20.0 Å². The van der Waals surface area contributed by atoms with Gasteiger partial charge >= 0.3 is 12.6 Å². The standard InChI is InChI=1S/C11H9F2NO3/c1-2-7-3-6(5-14)4-8(10(15)16)9(7)17-11(12)13/h3-4,11H,2H2,1H3,(H,15,16). The molecule has 0 radical (unpaired) electrons. The highest BCUT2D eigenvalue weighted by atomic mass is 19.3. The van der Waals surface area contributed by atoms with Crippen LogP contribution in [0.4, 0.5) is 8.78 Å². The fourth-order valence-corrected chi connectivity index (χ4v) is 1.40. The number of nitriles is 1. The topological polar surface area (TPSA) is 70.3 Å². The van der Waals surface area contributed by atoms with Gasteiger partial charge in [0, 0.05) is 0 Å². The molecule has 0 unspecified atom stereocenters. The van der Waals surface area contributed by atoms with E-state index in [2.05, 4.69) is 4.74 Å². The van der Waals surface area contributed by atoms with Crippen molar-refractivity contribution in [2.75, 3.05) is 0 Å². The highest BCUT2D eigenvalue weighted by molar-refractivity contribution is 5.92. The molecule has 90 valence electrons. The molecule has 1 rings (SSSR count). The average Bonchev–Trinajstić information content (AvgIpc) is 2.28. The molecule has 0 spiro atoms. The highest BCUT2D eigenvalue weighted by Crippen LogP contribution is 2.28. The molecule has 0 amide bonds. The largest absolute Gasteiger partial charge is 0.478 e. The van der Waals surface area contributed by atoms with Crippen LogP contribution in [0.2, 0.25) is 0 Å². The second-order valence-electron chi connectivity index (χ2n) is 3.16. The number of alkyl halides is 2. The van der Waals surface area contributed by atoms with Crippen LogP contribution in [0.5, 0.6) is 5.75 Å². The van der Waals surface area contributed by atoms with Gasteiger partial charge in [0.05, 0.1) is 11.6 Å². The number of aryl methyl sites for hydroxylation is 1. The Labute approximate surface area is 96.0 Å². The lowest BCUT2D eigenvalue weighted by Crippen LogP contribution is -2.10. The van der Waals surface area contributed by atoms with Gasteiger partial charge in [0.2, 0.25) is 0 Å². The lowest BCUT2D eigenvalue weighted by molar-refractivity contribution is -0.0509. The van der Waals surface area contributed by atoms with E-state index < -0.39 is 18.1 Å². The van der Waals surface area contributed by atoms with Crippen LogP contribution in [-0.2, 0) is 6.42 Å². The van der Waals surface area contributed by atoms with Crippen LogP contribution < -0.4 is 4.74 Å². The SMILES string of the molecule is CCc1cc(C#N)cc(C(=O)O)c1OC(F)F. The molecule has 0 saturated carbocycles. The van der Waals surface area contributed by atoms with E-state index in [0.29, 0.717) is 0 Å². The van der Waals surface area contributed by atoms with Gasteiger partial charge in [-0.05, 0) is 24.1 Å². The summed E-state index contributed by atoms with van der Waals surface area (Å²) in [6.45, 7) is -1.45. The number of halogens is 2. The van der Waals surface area contributed by atoms with E-state index in [1.54, 1.807) is 13.0 Å². The van der Waals surface area contributed by atoms with E-state index in [0.717, 1.165) is 6.07 Å². The van der Waals surface area contributed by atoms with Gasteiger partial charge < -0.3 is 9.84 Å². The van der Waals surface area contributed by atoms with Crippen LogP contribution in [0.3, 0.4) is 0 Å². The van der Waals surface area contributed by atoms with Crippen molar-refractivity contribution >= 4 is 5.97 Å². The number of ether oxygens (including phenoxy) is 1. The lowest BCUT2D eigenvalue weighted by Gasteiger charge is -2.12. The predicted molar refractivity (Wildman–Crippen MR) is 54.1 cm³/mol. The summed E-state index contributed by atoms with van der Waals surface area (Å²) in [6, 6.07) is 4.12. The van der Waals surface area contributed by atoms with Gasteiger partial charge in [0.25, 0.3) is 0 Å². The second-order valence-corrected chi connectivity index (χ2v) is 3.16. The number of aromatic carboxylic acids is 1. The Morgan fingerprint density at radius 2 is 2.24 bits per heavy atom. The van der Waals surface area contributed by atoms with Crippen molar-refractivity contribution in [3.05, 3.63) is 28.8 Å². The van der Waals surface area contributed by atoms with E-state index in [9.17, 15) is 13.6 Å². The first-order valence-electron chi connectivity index (χ1n) is 4.74. The molecular formula is C11H9F2NO3. The molecule has 1 N–H and O–H groups in total. The van der Waals surface area contributed by atoms with E-state index in [1.807, 2.05) is 0 Å². The minimum absolute atomic E-state index is 0.0980. The number of carbonyl (C=O) groups is 1. The minimum atomic E-state index is -3.11. The Kier molecular flexibility index (Phi) is 3.99. The third kappa shape index (κ3) is 2.91. The van der Waals surface area contributed by atoms with Crippen molar-refractivity contribution in [3.8, 4) is 11.8 Å². The summed E-state index contributed by atoms with van der Waals surface area (Å²) in [5.41, 5.74) is -0.0659. The predicted octanol–water partition coefficient (Wildman–Crippen LogP) is 2.42. The number of carboxylic acids is 1. The number of nitrogens with zero attached hydrogens (tertiary/aromatic N) is 1. The molecule has 1 aromatic rings. The van der Waals surface area contributed by atoms with E-state index in [1.165, 1.54) is 6.07 Å². The maximum atomic E-state index is 12.2. The molecule has 0 atom stereocenters. The molecule has 17 heavy (non-hydrogen) atoms. The van der Waals surface area contributed by atoms with Crippen LogP contribution in [0.25, 0.3) is 0 Å². The Balaban J connectivity index is 3.42. The minimum Gasteiger partial charge on any atom is -0.478 e. The van der Waals surface area contributed by atoms with Gasteiger partial charge in [-0.1, -0.05) is 6.92 Å². The zero-order valence-corrected chi connectivity index (χ0v) is 8.91. The van der Waals surface area contributed by atoms with Gasteiger partial charge in [-0.15, -0.1) is 0 Å². The molecule has 0 heterocycles. The fraction of sp³-hybridized carbons (Fsp3) is 0.273. The van der Waals surface area contributed by atoms with Gasteiger partial charge in [-0.3, -0.25) is 0 Å². The first-order chi connectivity index (χ1) is 7.99. The summed E-state index contributed by atoms with van der Waals surface area (Å²) in [4.78, 5) is 10.9. The third-order valence-electron chi connectivity index (χ3n) is 2.11. The zero-order valence-electron chi connectivity index (χ0n) is 8.91. The Morgan fingerprint density at radius 3 is 2.65 bits per heavy atom. The first kappa shape index (κ1) is 12.9. The number of hydrogen-bond acceptors (Lipinski definition) is 3. The molecule has 1 aromatic carbocycles. The molecule has 0 saturated heterocycles. The number of rotatable bonds is 4. The van der Waals surface area contributed by atoms with Crippen molar-refractivity contribution in [2.24, 2.45) is 0 Å². The summed E-state index contributed by atoms with van der Waals surface area (Å²) >= 11 is 0. The fourth-order valence-electron chi connectivity index (χ4n) is 1.40. The molecule has 4 nitrogen and oxygen atoms in total. The molecule has 6 heteroatoms. The quantitative estimate of drug-likeness (QED) is 0.878. The van der Waals surface area contributed by atoms with Crippen molar-refractivity contribution in [3.63, 3.8) is 0 Å². The first-order valence-corrected chi connectivity index (χ1v) is 4.74. The molecule has 0 aliphatic heterocycles. The van der Waals surface area contributed by atoms with Crippen LogP contribution in [0, 0.1) is 11.3 Å². The molecular weight excluding hydrogens is 232 g/mol. The molecule has 0 aliphatic carbocycles. The molecule has 0 aromatic heterocycles. The lowest BCUT2D eigenvalue weighted by atomic mass is 10.0. The van der Waals surface area contributed by atoms with Crippen molar-refractivity contribution in [1.29, 1.82) is 5.26 Å². The summed E-state index contributed by atoms with van der Waals surface area (Å²) in [5, 5.41) is 17.6. The van der Waals surface area contributed by atoms with Gasteiger partial charge in [0.1, 0.15) is 11.3 Å². The van der Waals surface area contributed by atoms with E-state index in [4.69, 9.17) is 10.4 Å². The van der Waals surface area contributed by atoms with Gasteiger partial charge in [-0.2, -0.15) is 14.0 Å². The average molecular weight is 241 g/mol. The smallest absolute Gasteiger partial charge is 0.387 e. The number of benzene rings is 1. The Morgan fingerprint density at radius 1 is 1.59 bits per heavy atom. The normalized spacial score (nSPS) is 10.1. The Bertz CT molecular complexity index is 480. The van der Waals surface area contributed by atoms with Crippen LogP contribution in [0.1, 0.15) is 28.4 Å². The third-order valence-corrected chi connectivity index (χ3v) is 2.11. The summed E-state index contributed by atoms with van der Waals surface area (Å²) in [5.74, 6) is -1.79. The maximum absolute atomic E-state index is 12.2. The zero-order chi connectivity index (χ0) is 13.0. The monoisotopic (exact) mass is 241 g/mol. The summed E-state index contributed by atoms with van der Waals surface area (Å²) in [6.07, 6.45) is 0.290. The van der Waals surface area contributed by atoms with Gasteiger partial charge in [0.15, 0.2) is 0 Å². The van der Waals surface area contributed by atoms with Crippen LogP contribution >= 0.6 is 0 Å². The maximum Gasteiger partial charge on any atom is 0.387 e. The van der Waals surface area contributed by atoms with Crippen LogP contribution in [-0.4, -0.2) is 17.7 Å². The van der Waals surface area contributed by atoms with E-state index >= 15 is 0 Å². The van der Waals surface area contributed by atoms with E-state index in [-0.39, 0.29) is 23.3 Å². The second kappa shape index (κ2) is 5.25. The Hall–Kier alpha value is -2.16. The summed E-state index contributed by atoms with van der Waals surface area (Å²) in [7, 11) is 0. The molecule has 0 bridgehead atoms. The van der Waals surface area contributed by atoms with Crippen LogP contribution in [0.15, 0.2) is 12.1 Å². The van der Waals surface area contributed by atoms with Crippen molar-refractivity contribution < 1.29 is 23.4 Å². The van der Waals surface area contributed by atoms with Gasteiger partial charge in [-0.25, -0.2) is 4.79 Å².